The quantitative estimate of drug-likeness (QED) is 0.852. The van der Waals surface area contributed by atoms with Crippen LogP contribution in [0.3, 0.4) is 0 Å². The number of rotatable bonds is 3. The highest BCUT2D eigenvalue weighted by molar-refractivity contribution is 8.14. The molecule has 0 bridgehead atoms. The summed E-state index contributed by atoms with van der Waals surface area (Å²) in [7, 11) is 0. The number of thioether (sulfide) groups is 1. The van der Waals surface area contributed by atoms with Gasteiger partial charge in [-0.15, -0.1) is 11.8 Å². The van der Waals surface area contributed by atoms with Gasteiger partial charge in [0.1, 0.15) is 0 Å². The molecule has 0 spiro atoms. The molecule has 1 N–H and O–H groups in total. The molecule has 1 unspecified atom stereocenters. The first-order chi connectivity index (χ1) is 10.5. The normalized spacial score (nSPS) is 17.4. The van der Waals surface area contributed by atoms with Crippen LogP contribution in [-0.2, 0) is 0 Å². The maximum absolute atomic E-state index is 11.1. The number of aliphatic imine (C=N–C) groups is 1. The zero-order chi connectivity index (χ0) is 15.7. The van der Waals surface area contributed by atoms with E-state index in [9.17, 15) is 4.79 Å². The monoisotopic (exact) mass is 351 g/mol. The van der Waals surface area contributed by atoms with Crippen LogP contribution < -0.4 is 0 Å². The van der Waals surface area contributed by atoms with Crippen LogP contribution >= 0.6 is 35.0 Å². The van der Waals surface area contributed by atoms with Crippen LogP contribution in [0.2, 0.25) is 10.0 Å². The van der Waals surface area contributed by atoms with E-state index >= 15 is 0 Å². The van der Waals surface area contributed by atoms with Crippen molar-refractivity contribution in [3.8, 4) is 0 Å². The molecular formula is C16H11Cl2NO2S. The van der Waals surface area contributed by atoms with Crippen LogP contribution in [0.4, 0.5) is 0 Å². The molecule has 2 aromatic rings. The van der Waals surface area contributed by atoms with Gasteiger partial charge in [-0.1, -0.05) is 41.4 Å². The van der Waals surface area contributed by atoms with Gasteiger partial charge < -0.3 is 5.11 Å². The average Bonchev–Trinajstić information content (AvgIpc) is 2.97. The third-order valence-corrected chi connectivity index (χ3v) is 4.99. The summed E-state index contributed by atoms with van der Waals surface area (Å²) in [5, 5.41) is 11.1. The van der Waals surface area contributed by atoms with E-state index in [0.717, 1.165) is 21.9 Å². The van der Waals surface area contributed by atoms with Gasteiger partial charge in [0.2, 0.25) is 0 Å². The molecule has 0 saturated heterocycles. The Bertz CT molecular complexity index is 776. The minimum absolute atomic E-state index is 0.0433. The van der Waals surface area contributed by atoms with Gasteiger partial charge in [0.05, 0.1) is 16.6 Å². The number of hydrogen-bond donors (Lipinski definition) is 1. The van der Waals surface area contributed by atoms with Gasteiger partial charge in [-0.3, -0.25) is 4.99 Å². The van der Waals surface area contributed by atoms with Crippen molar-refractivity contribution in [2.75, 3.05) is 5.75 Å². The maximum Gasteiger partial charge on any atom is 0.335 e. The second-order valence-electron chi connectivity index (χ2n) is 4.81. The van der Waals surface area contributed by atoms with Crippen molar-refractivity contribution < 1.29 is 9.90 Å². The van der Waals surface area contributed by atoms with Crippen molar-refractivity contribution in [2.24, 2.45) is 4.99 Å². The number of carboxylic acid groups (broad SMARTS) is 1. The van der Waals surface area contributed by atoms with Gasteiger partial charge in [-0.25, -0.2) is 4.79 Å². The molecule has 0 radical (unpaired) electrons. The fourth-order valence-electron chi connectivity index (χ4n) is 2.25. The zero-order valence-corrected chi connectivity index (χ0v) is 13.6. The molecule has 0 saturated carbocycles. The van der Waals surface area contributed by atoms with Crippen LogP contribution in [0.25, 0.3) is 0 Å². The van der Waals surface area contributed by atoms with Crippen molar-refractivity contribution >= 4 is 46.0 Å². The number of aromatic carboxylic acids is 1. The molecule has 3 rings (SSSR count). The number of hydrogen-bond acceptors (Lipinski definition) is 3. The average molecular weight is 352 g/mol. The predicted octanol–water partition coefficient (Wildman–Crippen LogP) is 4.93. The second kappa shape index (κ2) is 6.32. The summed E-state index contributed by atoms with van der Waals surface area (Å²) in [6.45, 7) is 0. The second-order valence-corrected chi connectivity index (χ2v) is 6.67. The first-order valence-electron chi connectivity index (χ1n) is 6.54. The molecule has 3 nitrogen and oxygen atoms in total. The van der Waals surface area contributed by atoms with E-state index < -0.39 is 5.97 Å². The Labute approximate surface area is 142 Å². The molecule has 1 heterocycles. The summed E-state index contributed by atoms with van der Waals surface area (Å²) in [6, 6.07) is 12.1. The Morgan fingerprint density at radius 2 is 2.05 bits per heavy atom. The molecule has 1 aliphatic rings. The van der Waals surface area contributed by atoms with Gasteiger partial charge in [0.15, 0.2) is 0 Å². The molecule has 1 aliphatic heterocycles. The van der Waals surface area contributed by atoms with Crippen LogP contribution in [-0.4, -0.2) is 21.9 Å². The third kappa shape index (κ3) is 3.14. The van der Waals surface area contributed by atoms with E-state index in [-0.39, 0.29) is 11.6 Å². The molecule has 0 aliphatic carbocycles. The Balaban J connectivity index is 1.91. The molecule has 0 aromatic heterocycles. The van der Waals surface area contributed by atoms with E-state index in [2.05, 4.69) is 4.99 Å². The summed E-state index contributed by atoms with van der Waals surface area (Å²) in [4.78, 5) is 15.7. The lowest BCUT2D eigenvalue weighted by Crippen LogP contribution is -1.99. The van der Waals surface area contributed by atoms with Gasteiger partial charge >= 0.3 is 5.97 Å². The summed E-state index contributed by atoms with van der Waals surface area (Å²) >= 11 is 13.7. The van der Waals surface area contributed by atoms with Crippen molar-refractivity contribution in [1.82, 2.24) is 0 Å². The maximum atomic E-state index is 11.1. The van der Waals surface area contributed by atoms with Gasteiger partial charge in [-0.2, -0.15) is 0 Å². The Morgan fingerprint density at radius 1 is 1.23 bits per heavy atom. The van der Waals surface area contributed by atoms with E-state index in [0.29, 0.717) is 10.0 Å². The highest BCUT2D eigenvalue weighted by Crippen LogP contribution is 2.37. The number of nitrogens with zero attached hydrogens (tertiary/aromatic N) is 1. The molecule has 112 valence electrons. The van der Waals surface area contributed by atoms with Gasteiger partial charge in [0, 0.05) is 21.4 Å². The third-order valence-electron chi connectivity index (χ3n) is 3.33. The molecule has 0 fully saturated rings. The first kappa shape index (κ1) is 15.4. The topological polar surface area (TPSA) is 49.7 Å². The number of halogens is 2. The van der Waals surface area contributed by atoms with Crippen molar-refractivity contribution in [3.63, 3.8) is 0 Å². The Morgan fingerprint density at radius 3 is 2.77 bits per heavy atom. The van der Waals surface area contributed by atoms with Crippen molar-refractivity contribution in [3.05, 3.63) is 69.2 Å². The lowest BCUT2D eigenvalue weighted by molar-refractivity contribution is 0.0697. The van der Waals surface area contributed by atoms with E-state index in [1.165, 1.54) is 0 Å². The van der Waals surface area contributed by atoms with Crippen LogP contribution in [0.15, 0.2) is 47.5 Å². The van der Waals surface area contributed by atoms with Crippen LogP contribution in [0.5, 0.6) is 0 Å². The molecular weight excluding hydrogens is 341 g/mol. The van der Waals surface area contributed by atoms with Crippen LogP contribution in [0, 0.1) is 0 Å². The molecule has 6 heteroatoms. The predicted molar refractivity (Wildman–Crippen MR) is 91.6 cm³/mol. The smallest absolute Gasteiger partial charge is 0.335 e. The molecule has 2 aromatic carbocycles. The van der Waals surface area contributed by atoms with Gasteiger partial charge in [-0.05, 0) is 29.8 Å². The van der Waals surface area contributed by atoms with Crippen molar-refractivity contribution in [1.29, 1.82) is 0 Å². The highest BCUT2D eigenvalue weighted by atomic mass is 35.5. The highest BCUT2D eigenvalue weighted by Gasteiger charge is 2.23. The molecule has 0 amide bonds. The lowest BCUT2D eigenvalue weighted by Gasteiger charge is -2.08. The SMILES string of the molecule is O=C(O)c1cccc(C2=NC(c3ccc(Cl)cc3Cl)CS2)c1. The minimum Gasteiger partial charge on any atom is -0.478 e. The fourth-order valence-corrected chi connectivity index (χ4v) is 3.85. The standard InChI is InChI=1S/C16H11Cl2NO2S/c17-11-4-5-12(13(18)7-11)14-8-22-15(19-14)9-2-1-3-10(6-9)16(20)21/h1-7,14H,8H2,(H,20,21). The van der Waals surface area contributed by atoms with E-state index in [1.807, 2.05) is 12.1 Å². The Hall–Kier alpha value is -1.49. The molecule has 22 heavy (non-hydrogen) atoms. The first-order valence-corrected chi connectivity index (χ1v) is 8.28. The summed E-state index contributed by atoms with van der Waals surface area (Å²) in [5.41, 5.74) is 2.01. The lowest BCUT2D eigenvalue weighted by atomic mass is 10.1. The summed E-state index contributed by atoms with van der Waals surface area (Å²) < 4.78 is 0. The zero-order valence-electron chi connectivity index (χ0n) is 11.3. The summed E-state index contributed by atoms with van der Waals surface area (Å²) in [5.74, 6) is -0.170. The Kier molecular flexibility index (Phi) is 4.43. The number of carboxylic acids is 1. The minimum atomic E-state index is -0.942. The van der Waals surface area contributed by atoms with Gasteiger partial charge in [0.25, 0.3) is 0 Å². The number of benzene rings is 2. The largest absolute Gasteiger partial charge is 0.478 e. The molecule has 1 atom stereocenters. The van der Waals surface area contributed by atoms with Crippen LogP contribution in [0.1, 0.15) is 27.5 Å². The van der Waals surface area contributed by atoms with E-state index in [4.69, 9.17) is 28.3 Å². The summed E-state index contributed by atoms with van der Waals surface area (Å²) in [6.07, 6.45) is 0. The van der Waals surface area contributed by atoms with Crippen molar-refractivity contribution in [2.45, 2.75) is 6.04 Å². The fraction of sp³-hybridized carbons (Fsp3) is 0.125. The number of carbonyl (C=O) groups is 1. The van der Waals surface area contributed by atoms with E-state index in [1.54, 1.807) is 42.1 Å².